The molecule has 1 aromatic carbocycles. The van der Waals surface area contributed by atoms with E-state index in [9.17, 15) is 18.0 Å². The number of benzene rings is 1. The number of fused-ring (bicyclic) bond motifs is 1. The Balaban J connectivity index is 1.55. The molecule has 4 rings (SSSR count). The number of hydrogen-bond donors (Lipinski definition) is 0. The third-order valence-electron chi connectivity index (χ3n) is 4.45. The van der Waals surface area contributed by atoms with E-state index >= 15 is 0 Å². The van der Waals surface area contributed by atoms with Gasteiger partial charge < -0.3 is 13.9 Å². The zero-order chi connectivity index (χ0) is 18.5. The Morgan fingerprint density at radius 3 is 2.69 bits per heavy atom. The molecule has 0 spiro atoms. The van der Waals surface area contributed by atoms with E-state index in [-0.39, 0.29) is 29.4 Å². The minimum atomic E-state index is -3.62. The van der Waals surface area contributed by atoms with Crippen LogP contribution in [0.1, 0.15) is 10.6 Å². The van der Waals surface area contributed by atoms with Crippen molar-refractivity contribution in [2.24, 2.45) is 7.05 Å². The van der Waals surface area contributed by atoms with Crippen LogP contribution >= 0.6 is 0 Å². The highest BCUT2D eigenvalue weighted by Gasteiger charge is 2.43. The summed E-state index contributed by atoms with van der Waals surface area (Å²) in [5.74, 6) is -0.597. The first-order chi connectivity index (χ1) is 12.4. The Kier molecular flexibility index (Phi) is 3.69. The molecule has 26 heavy (non-hydrogen) atoms. The fourth-order valence-corrected chi connectivity index (χ4v) is 4.66. The lowest BCUT2D eigenvalue weighted by Gasteiger charge is -2.37. The molecule has 2 aromatic heterocycles. The Morgan fingerprint density at radius 2 is 2.00 bits per heavy atom. The predicted octanol–water partition coefficient (Wildman–Crippen LogP) is 0.825. The van der Waals surface area contributed by atoms with Crippen LogP contribution in [0.5, 0.6) is 0 Å². The number of rotatable bonds is 3. The number of aryl methyl sites for hydroxylation is 1. The predicted molar refractivity (Wildman–Crippen MR) is 92.6 cm³/mol. The summed E-state index contributed by atoms with van der Waals surface area (Å²) >= 11 is 0. The minimum Gasteiger partial charge on any atom is -0.451 e. The molecule has 1 aliphatic heterocycles. The van der Waals surface area contributed by atoms with Gasteiger partial charge in [-0.2, -0.15) is 0 Å². The number of aromatic nitrogens is 2. The van der Waals surface area contributed by atoms with E-state index in [4.69, 9.17) is 4.42 Å². The number of carbonyl (C=O) groups is 1. The number of amides is 1. The van der Waals surface area contributed by atoms with Crippen LogP contribution in [-0.2, 0) is 16.9 Å². The van der Waals surface area contributed by atoms with Gasteiger partial charge in [0.1, 0.15) is 10.8 Å². The fraction of sp³-hybridized carbons (Fsp3) is 0.235. The smallest absolute Gasteiger partial charge is 0.289 e. The highest BCUT2D eigenvalue weighted by Crippen LogP contribution is 2.24. The summed E-state index contributed by atoms with van der Waals surface area (Å²) in [6.45, 7) is 0.0646. The quantitative estimate of drug-likeness (QED) is 0.674. The standard InChI is InChI=1S/C17H15N3O5S/c1-19-7-6-18-17(19)26(23,24)11-9-20(10-11)16(22)15-8-13(21)12-4-2-3-5-14(12)25-15/h2-8,11H,9-10H2,1H3. The number of likely N-dealkylation sites (tertiary alicyclic amines) is 1. The molecule has 8 nitrogen and oxygen atoms in total. The normalized spacial score (nSPS) is 15.2. The lowest BCUT2D eigenvalue weighted by Crippen LogP contribution is -2.57. The van der Waals surface area contributed by atoms with Crippen molar-refractivity contribution >= 4 is 26.7 Å². The maximum absolute atomic E-state index is 12.5. The number of sulfone groups is 1. The first-order valence-corrected chi connectivity index (χ1v) is 9.46. The largest absolute Gasteiger partial charge is 0.451 e. The van der Waals surface area contributed by atoms with Crippen LogP contribution in [0, 0.1) is 0 Å². The van der Waals surface area contributed by atoms with E-state index in [0.29, 0.717) is 11.0 Å². The van der Waals surface area contributed by atoms with E-state index in [1.165, 1.54) is 15.7 Å². The second-order valence-corrected chi connectivity index (χ2v) is 8.29. The van der Waals surface area contributed by atoms with Gasteiger partial charge >= 0.3 is 0 Å². The Labute approximate surface area is 148 Å². The Morgan fingerprint density at radius 1 is 1.27 bits per heavy atom. The summed E-state index contributed by atoms with van der Waals surface area (Å²) in [6.07, 6.45) is 2.97. The first-order valence-electron chi connectivity index (χ1n) is 7.91. The van der Waals surface area contributed by atoms with Gasteiger partial charge in [0.05, 0.1) is 5.39 Å². The van der Waals surface area contributed by atoms with Gasteiger partial charge in [-0.25, -0.2) is 13.4 Å². The van der Waals surface area contributed by atoms with Crippen LogP contribution < -0.4 is 5.43 Å². The van der Waals surface area contributed by atoms with Gasteiger partial charge in [-0.1, -0.05) is 12.1 Å². The van der Waals surface area contributed by atoms with Crippen molar-refractivity contribution < 1.29 is 17.6 Å². The first kappa shape index (κ1) is 16.5. The van der Waals surface area contributed by atoms with Crippen molar-refractivity contribution in [2.45, 2.75) is 10.4 Å². The molecule has 1 saturated heterocycles. The van der Waals surface area contributed by atoms with Crippen molar-refractivity contribution in [3.05, 3.63) is 58.7 Å². The van der Waals surface area contributed by atoms with Crippen molar-refractivity contribution in [3.8, 4) is 0 Å². The topological polar surface area (TPSA) is 102 Å². The summed E-state index contributed by atoms with van der Waals surface area (Å²) in [5.41, 5.74) is 0.00830. The molecular weight excluding hydrogens is 358 g/mol. The molecule has 1 amide bonds. The third-order valence-corrected chi connectivity index (χ3v) is 6.53. The van der Waals surface area contributed by atoms with Crippen LogP contribution in [0.4, 0.5) is 0 Å². The summed E-state index contributed by atoms with van der Waals surface area (Å²) in [4.78, 5) is 29.9. The van der Waals surface area contributed by atoms with Gasteiger partial charge in [-0.3, -0.25) is 9.59 Å². The number of hydrogen-bond acceptors (Lipinski definition) is 6. The van der Waals surface area contributed by atoms with Gasteiger partial charge in [0.25, 0.3) is 5.91 Å². The fourth-order valence-electron chi connectivity index (χ4n) is 2.94. The van der Waals surface area contributed by atoms with Gasteiger partial charge in [0, 0.05) is 38.6 Å². The monoisotopic (exact) mass is 373 g/mol. The molecule has 3 aromatic rings. The highest BCUT2D eigenvalue weighted by molar-refractivity contribution is 7.92. The van der Waals surface area contributed by atoms with E-state index < -0.39 is 21.0 Å². The van der Waals surface area contributed by atoms with E-state index in [1.807, 2.05) is 0 Å². The van der Waals surface area contributed by atoms with Crippen molar-refractivity contribution in [1.82, 2.24) is 14.5 Å². The molecule has 0 atom stereocenters. The van der Waals surface area contributed by atoms with E-state index in [0.717, 1.165) is 6.07 Å². The second-order valence-electron chi connectivity index (χ2n) is 6.17. The third kappa shape index (κ3) is 2.51. The molecular formula is C17H15N3O5S. The Bertz CT molecular complexity index is 1170. The molecule has 0 bridgehead atoms. The molecule has 9 heteroatoms. The van der Waals surface area contributed by atoms with Crippen LogP contribution in [0.2, 0.25) is 0 Å². The van der Waals surface area contributed by atoms with Crippen molar-refractivity contribution in [3.63, 3.8) is 0 Å². The lowest BCUT2D eigenvalue weighted by molar-refractivity contribution is 0.0626. The van der Waals surface area contributed by atoms with Gasteiger partial charge in [0.15, 0.2) is 11.2 Å². The minimum absolute atomic E-state index is 0.0214. The number of imidazole rings is 1. The lowest BCUT2D eigenvalue weighted by atomic mass is 10.1. The SMILES string of the molecule is Cn1ccnc1S(=O)(=O)C1CN(C(=O)c2cc(=O)c3ccccc3o2)C1. The molecule has 1 aliphatic rings. The molecule has 1 fully saturated rings. The van der Waals surface area contributed by atoms with Crippen LogP contribution in [-0.4, -0.2) is 47.1 Å². The number of carbonyl (C=O) groups excluding carboxylic acids is 1. The molecule has 0 saturated carbocycles. The van der Waals surface area contributed by atoms with E-state index in [2.05, 4.69) is 4.98 Å². The van der Waals surface area contributed by atoms with Gasteiger partial charge in [-0.05, 0) is 12.1 Å². The number of para-hydroxylation sites is 1. The maximum Gasteiger partial charge on any atom is 0.289 e. The van der Waals surface area contributed by atoms with Gasteiger partial charge in [-0.15, -0.1) is 0 Å². The number of nitrogens with zero attached hydrogens (tertiary/aromatic N) is 3. The molecule has 3 heterocycles. The van der Waals surface area contributed by atoms with Crippen LogP contribution in [0.15, 0.2) is 57.1 Å². The molecule has 0 unspecified atom stereocenters. The summed E-state index contributed by atoms with van der Waals surface area (Å²) in [7, 11) is -2.01. The zero-order valence-electron chi connectivity index (χ0n) is 13.8. The summed E-state index contributed by atoms with van der Waals surface area (Å²) in [6, 6.07) is 7.79. The Hall–Kier alpha value is -2.94. The molecule has 0 N–H and O–H groups in total. The second kappa shape index (κ2) is 5.80. The molecule has 0 aliphatic carbocycles. The van der Waals surface area contributed by atoms with Crippen molar-refractivity contribution in [1.29, 1.82) is 0 Å². The summed E-state index contributed by atoms with van der Waals surface area (Å²) in [5, 5.41) is -0.352. The van der Waals surface area contributed by atoms with Crippen LogP contribution in [0.3, 0.4) is 0 Å². The van der Waals surface area contributed by atoms with Crippen LogP contribution in [0.25, 0.3) is 11.0 Å². The molecule has 134 valence electrons. The molecule has 0 radical (unpaired) electrons. The highest BCUT2D eigenvalue weighted by atomic mass is 32.2. The average Bonchev–Trinajstić information content (AvgIpc) is 3.00. The summed E-state index contributed by atoms with van der Waals surface area (Å²) < 4.78 is 32.0. The van der Waals surface area contributed by atoms with Crippen molar-refractivity contribution in [2.75, 3.05) is 13.1 Å². The van der Waals surface area contributed by atoms with Gasteiger partial charge in [0.2, 0.25) is 15.0 Å². The average molecular weight is 373 g/mol. The maximum atomic E-state index is 12.5. The zero-order valence-corrected chi connectivity index (χ0v) is 14.6. The van der Waals surface area contributed by atoms with E-state index in [1.54, 1.807) is 37.5 Å².